The van der Waals surface area contributed by atoms with E-state index in [9.17, 15) is 17.6 Å². The van der Waals surface area contributed by atoms with Crippen molar-refractivity contribution >= 4 is 27.6 Å². The molecule has 0 saturated heterocycles. The average molecular weight is 324 g/mol. The van der Waals surface area contributed by atoms with Crippen molar-refractivity contribution in [2.45, 2.75) is 37.1 Å². The Kier molecular flexibility index (Phi) is 5.12. The number of sulfonamides is 1. The van der Waals surface area contributed by atoms with Gasteiger partial charge < -0.3 is 5.11 Å². The number of benzene rings is 1. The summed E-state index contributed by atoms with van der Waals surface area (Å²) in [6.07, 6.45) is -0.128. The minimum absolute atomic E-state index is 0.0732. The van der Waals surface area contributed by atoms with Gasteiger partial charge in [-0.25, -0.2) is 17.5 Å². The van der Waals surface area contributed by atoms with Crippen LogP contribution in [0.3, 0.4) is 0 Å². The van der Waals surface area contributed by atoms with Crippen LogP contribution in [-0.2, 0) is 14.8 Å². The van der Waals surface area contributed by atoms with Gasteiger partial charge in [0.1, 0.15) is 10.7 Å². The number of nitrogens with one attached hydrogen (secondary N) is 1. The molecule has 0 spiro atoms. The molecule has 1 aromatic rings. The van der Waals surface area contributed by atoms with E-state index >= 15 is 0 Å². The number of aliphatic carboxylic acids is 1. The van der Waals surface area contributed by atoms with Gasteiger partial charge in [-0.1, -0.05) is 11.6 Å². The third-order valence-corrected chi connectivity index (χ3v) is 4.51. The third kappa shape index (κ3) is 4.73. The van der Waals surface area contributed by atoms with Gasteiger partial charge in [0.2, 0.25) is 10.0 Å². The van der Waals surface area contributed by atoms with E-state index in [1.807, 2.05) is 0 Å². The van der Waals surface area contributed by atoms with E-state index in [4.69, 9.17) is 16.7 Å². The molecule has 0 heterocycles. The van der Waals surface area contributed by atoms with Gasteiger partial charge in [0.25, 0.3) is 0 Å². The molecule has 5 nitrogen and oxygen atoms in total. The Hall–Kier alpha value is -1.18. The van der Waals surface area contributed by atoms with Crippen LogP contribution in [0, 0.1) is 5.82 Å². The molecule has 0 atom stereocenters. The van der Waals surface area contributed by atoms with Gasteiger partial charge in [-0.2, -0.15) is 0 Å². The molecule has 1 rings (SSSR count). The Morgan fingerprint density at radius 1 is 1.45 bits per heavy atom. The van der Waals surface area contributed by atoms with E-state index in [1.165, 1.54) is 19.9 Å². The minimum Gasteiger partial charge on any atom is -0.481 e. The number of hydrogen-bond donors (Lipinski definition) is 2. The van der Waals surface area contributed by atoms with Crippen molar-refractivity contribution in [3.8, 4) is 0 Å². The maximum atomic E-state index is 13.6. The maximum Gasteiger partial charge on any atom is 0.303 e. The van der Waals surface area contributed by atoms with E-state index in [1.54, 1.807) is 0 Å². The first-order valence-electron chi connectivity index (χ1n) is 5.74. The van der Waals surface area contributed by atoms with Gasteiger partial charge in [0, 0.05) is 17.0 Å². The van der Waals surface area contributed by atoms with Crippen molar-refractivity contribution in [2.75, 3.05) is 0 Å². The molecule has 112 valence electrons. The fraction of sp³-hybridized carbons (Fsp3) is 0.417. The SMILES string of the molecule is CC(C)(CCC(=O)O)NS(=O)(=O)c1cc(Cl)ccc1F. The second-order valence-electron chi connectivity index (χ2n) is 4.96. The molecular formula is C12H15ClFNO4S. The highest BCUT2D eigenvalue weighted by atomic mass is 35.5. The lowest BCUT2D eigenvalue weighted by Crippen LogP contribution is -2.43. The predicted octanol–water partition coefficient (Wildman–Crippen LogP) is 2.40. The summed E-state index contributed by atoms with van der Waals surface area (Å²) in [4.78, 5) is 9.96. The lowest BCUT2D eigenvalue weighted by Gasteiger charge is -2.25. The Labute approximate surface area is 121 Å². The van der Waals surface area contributed by atoms with Gasteiger partial charge in [0.15, 0.2) is 0 Å². The highest BCUT2D eigenvalue weighted by Gasteiger charge is 2.28. The standard InChI is InChI=1S/C12H15ClFNO4S/c1-12(2,6-5-11(16)17)15-20(18,19)10-7-8(13)3-4-9(10)14/h3-4,7,15H,5-6H2,1-2H3,(H,16,17). The van der Waals surface area contributed by atoms with Crippen LogP contribution in [0.5, 0.6) is 0 Å². The molecule has 0 amide bonds. The summed E-state index contributed by atoms with van der Waals surface area (Å²) in [5, 5.41) is 8.71. The highest BCUT2D eigenvalue weighted by Crippen LogP contribution is 2.22. The van der Waals surface area contributed by atoms with Crippen molar-refractivity contribution in [1.82, 2.24) is 4.72 Å². The zero-order valence-electron chi connectivity index (χ0n) is 11.0. The summed E-state index contributed by atoms with van der Waals surface area (Å²) in [6.45, 7) is 3.05. The van der Waals surface area contributed by atoms with E-state index in [0.717, 1.165) is 12.1 Å². The van der Waals surface area contributed by atoms with Gasteiger partial charge in [0.05, 0.1) is 0 Å². The van der Waals surface area contributed by atoms with E-state index in [-0.39, 0.29) is 17.9 Å². The van der Waals surface area contributed by atoms with E-state index in [0.29, 0.717) is 0 Å². The van der Waals surface area contributed by atoms with Crippen LogP contribution < -0.4 is 4.72 Å². The molecule has 0 bridgehead atoms. The summed E-state index contributed by atoms with van der Waals surface area (Å²) in [5.74, 6) is -1.96. The van der Waals surface area contributed by atoms with Crippen molar-refractivity contribution in [2.24, 2.45) is 0 Å². The largest absolute Gasteiger partial charge is 0.481 e. The van der Waals surface area contributed by atoms with Gasteiger partial charge >= 0.3 is 5.97 Å². The number of carbonyl (C=O) groups is 1. The van der Waals surface area contributed by atoms with Crippen LogP contribution >= 0.6 is 11.6 Å². The van der Waals surface area contributed by atoms with Gasteiger partial charge in [-0.05, 0) is 38.5 Å². The molecule has 0 saturated carbocycles. The first-order chi connectivity index (χ1) is 9.03. The second kappa shape index (κ2) is 6.07. The van der Waals surface area contributed by atoms with Crippen molar-refractivity contribution in [3.05, 3.63) is 29.0 Å². The molecule has 0 fully saturated rings. The number of halogens is 2. The molecule has 8 heteroatoms. The summed E-state index contributed by atoms with van der Waals surface area (Å²) < 4.78 is 40.1. The highest BCUT2D eigenvalue weighted by molar-refractivity contribution is 7.89. The fourth-order valence-corrected chi connectivity index (χ4v) is 3.36. The van der Waals surface area contributed by atoms with Gasteiger partial charge in [-0.3, -0.25) is 4.79 Å². The van der Waals surface area contributed by atoms with Crippen molar-refractivity contribution < 1.29 is 22.7 Å². The Morgan fingerprint density at radius 3 is 2.60 bits per heavy atom. The minimum atomic E-state index is -4.12. The fourth-order valence-electron chi connectivity index (χ4n) is 1.57. The summed E-state index contributed by atoms with van der Waals surface area (Å²) in [5.41, 5.74) is -1.02. The van der Waals surface area contributed by atoms with Crippen LogP contribution in [0.15, 0.2) is 23.1 Å². The first-order valence-corrected chi connectivity index (χ1v) is 7.60. The third-order valence-electron chi connectivity index (χ3n) is 2.56. The van der Waals surface area contributed by atoms with Crippen LogP contribution in [-0.4, -0.2) is 25.0 Å². The van der Waals surface area contributed by atoms with E-state index < -0.39 is 32.2 Å². The molecule has 0 aliphatic rings. The molecule has 0 unspecified atom stereocenters. The number of rotatable bonds is 6. The molecular weight excluding hydrogens is 309 g/mol. The summed E-state index contributed by atoms with van der Waals surface area (Å²) in [6, 6.07) is 3.21. The maximum absolute atomic E-state index is 13.6. The first kappa shape index (κ1) is 16.9. The number of hydrogen-bond acceptors (Lipinski definition) is 3. The molecule has 0 radical (unpaired) electrons. The quantitative estimate of drug-likeness (QED) is 0.842. The summed E-state index contributed by atoms with van der Waals surface area (Å²) >= 11 is 5.66. The van der Waals surface area contributed by atoms with Crippen LogP contribution in [0.1, 0.15) is 26.7 Å². The average Bonchev–Trinajstić information content (AvgIpc) is 2.28. The van der Waals surface area contributed by atoms with Crippen LogP contribution in [0.4, 0.5) is 4.39 Å². The Bertz CT molecular complexity index is 616. The van der Waals surface area contributed by atoms with Crippen LogP contribution in [0.2, 0.25) is 5.02 Å². The Morgan fingerprint density at radius 2 is 2.05 bits per heavy atom. The predicted molar refractivity (Wildman–Crippen MR) is 72.7 cm³/mol. The van der Waals surface area contributed by atoms with Crippen LogP contribution in [0.25, 0.3) is 0 Å². The van der Waals surface area contributed by atoms with Crippen molar-refractivity contribution in [1.29, 1.82) is 0 Å². The number of carboxylic acid groups (broad SMARTS) is 1. The van der Waals surface area contributed by atoms with Crippen molar-refractivity contribution in [3.63, 3.8) is 0 Å². The molecule has 2 N–H and O–H groups in total. The second-order valence-corrected chi connectivity index (χ2v) is 7.05. The normalized spacial score (nSPS) is 12.4. The lowest BCUT2D eigenvalue weighted by atomic mass is 10.0. The monoisotopic (exact) mass is 323 g/mol. The zero-order chi connectivity index (χ0) is 15.6. The molecule has 20 heavy (non-hydrogen) atoms. The molecule has 0 aliphatic heterocycles. The number of carboxylic acids is 1. The molecule has 0 aliphatic carbocycles. The summed E-state index contributed by atoms with van der Waals surface area (Å²) in [7, 11) is -4.12. The van der Waals surface area contributed by atoms with Gasteiger partial charge in [-0.15, -0.1) is 0 Å². The van der Waals surface area contributed by atoms with E-state index in [2.05, 4.69) is 4.72 Å². The molecule has 1 aromatic carbocycles. The zero-order valence-corrected chi connectivity index (χ0v) is 12.6. The Balaban J connectivity index is 3.00. The lowest BCUT2D eigenvalue weighted by molar-refractivity contribution is -0.137. The molecule has 0 aromatic heterocycles. The smallest absolute Gasteiger partial charge is 0.303 e. The topological polar surface area (TPSA) is 83.5 Å².